The summed E-state index contributed by atoms with van der Waals surface area (Å²) >= 11 is 0. The van der Waals surface area contributed by atoms with E-state index in [0.29, 0.717) is 5.56 Å². The second-order valence-electron chi connectivity index (χ2n) is 22.1. The summed E-state index contributed by atoms with van der Waals surface area (Å²) in [5.74, 6) is -9.70. The van der Waals surface area contributed by atoms with Crippen LogP contribution in [0.4, 0.5) is 10.5 Å². The lowest BCUT2D eigenvalue weighted by molar-refractivity contribution is -0.249. The number of aliphatic hydroxyl groups is 3. The van der Waals surface area contributed by atoms with Gasteiger partial charge in [-0.2, -0.15) is 0 Å². The molecule has 7 rings (SSSR count). The van der Waals surface area contributed by atoms with E-state index in [-0.39, 0.29) is 118 Å². The number of ether oxygens (including phenoxy) is 7. The first-order valence-corrected chi connectivity index (χ1v) is 29.5. The van der Waals surface area contributed by atoms with Crippen molar-refractivity contribution in [3.8, 4) is 17.2 Å². The van der Waals surface area contributed by atoms with Crippen molar-refractivity contribution in [3.05, 3.63) is 93.6 Å². The number of Topliss-reactive ketones (excluding diaryl/α,β-unsaturated/α-hetero) is 1. The number of aliphatic hydroxyl groups excluding tert-OH is 2. The number of primary amides is 1. The zero-order chi connectivity index (χ0) is 67.8. The first-order valence-electron chi connectivity index (χ1n) is 29.5. The Balaban J connectivity index is 0.819. The van der Waals surface area contributed by atoms with Gasteiger partial charge in [-0.15, -0.1) is 0 Å². The van der Waals surface area contributed by atoms with E-state index in [1.54, 1.807) is 0 Å². The molecule has 2 heterocycles. The van der Waals surface area contributed by atoms with Gasteiger partial charge < -0.3 is 96.3 Å². The van der Waals surface area contributed by atoms with Crippen LogP contribution in [-0.4, -0.2) is 216 Å². The largest absolute Gasteiger partial charge is 0.507 e. The van der Waals surface area contributed by atoms with E-state index in [4.69, 9.17) is 38.9 Å². The van der Waals surface area contributed by atoms with E-state index < -0.39 is 168 Å². The summed E-state index contributed by atoms with van der Waals surface area (Å²) < 4.78 is 39.1. The minimum absolute atomic E-state index is 0.00539. The number of carbonyl (C=O) groups is 12. The molecule has 32 heteroatoms. The number of methoxy groups -OCH3 is 1. The maximum atomic E-state index is 14.1. The van der Waals surface area contributed by atoms with Crippen LogP contribution in [0.5, 0.6) is 17.2 Å². The molecule has 2 aliphatic heterocycles. The molecule has 502 valence electrons. The molecule has 0 unspecified atom stereocenters. The Hall–Kier alpha value is -9.28. The Labute approximate surface area is 531 Å². The smallest absolute Gasteiger partial charge is 0.407 e. The van der Waals surface area contributed by atoms with Gasteiger partial charge in [0.15, 0.2) is 17.9 Å². The number of ketones is 3. The molecule has 9 atom stereocenters. The molecule has 13 N–H and O–H groups in total. The van der Waals surface area contributed by atoms with Crippen LogP contribution in [0.1, 0.15) is 108 Å². The average molecular weight is 1300 g/mol. The van der Waals surface area contributed by atoms with Crippen LogP contribution < -0.4 is 42.4 Å². The fourth-order valence-corrected chi connectivity index (χ4v) is 10.5. The predicted octanol–water partition coefficient (Wildman–Crippen LogP) is -1.85. The number of nitrogens with zero attached hydrogens (tertiary/aromatic N) is 1. The normalized spacial score (nSPS) is 20.6. The number of phenolic OH excluding ortho intramolecular Hbond substituents is 2. The average Bonchev–Trinajstić information content (AvgIpc) is 0.789. The highest BCUT2D eigenvalue weighted by Crippen LogP contribution is 2.52. The van der Waals surface area contributed by atoms with Crippen molar-refractivity contribution in [1.82, 2.24) is 31.5 Å². The number of aromatic hydroxyl groups is 2. The van der Waals surface area contributed by atoms with Gasteiger partial charge in [-0.05, 0) is 44.5 Å². The van der Waals surface area contributed by atoms with Gasteiger partial charge in [0.05, 0.1) is 88.1 Å². The highest BCUT2D eigenvalue weighted by molar-refractivity contribution is 6.31. The highest BCUT2D eigenvalue weighted by atomic mass is 16.7. The number of fused-ring (bicyclic) bond motifs is 3. The summed E-state index contributed by atoms with van der Waals surface area (Å²) in [7, 11) is 1.27. The Morgan fingerprint density at radius 1 is 0.774 bits per heavy atom. The molecule has 32 nitrogen and oxygen atoms in total. The van der Waals surface area contributed by atoms with Crippen LogP contribution in [0.2, 0.25) is 0 Å². The van der Waals surface area contributed by atoms with Crippen molar-refractivity contribution in [3.63, 3.8) is 0 Å². The van der Waals surface area contributed by atoms with Gasteiger partial charge in [-0.3, -0.25) is 57.6 Å². The summed E-state index contributed by atoms with van der Waals surface area (Å²) in [5, 5.41) is 71.2. The third-order valence-electron chi connectivity index (χ3n) is 15.5. The van der Waals surface area contributed by atoms with Crippen LogP contribution in [0, 0.1) is 0 Å². The topological polar surface area (TPSA) is 472 Å². The Kier molecular flexibility index (Phi) is 24.7. The van der Waals surface area contributed by atoms with Crippen LogP contribution in [0.15, 0.2) is 54.6 Å². The number of anilines is 1. The number of nitrogens with one attached hydrogen (secondary N) is 6. The van der Waals surface area contributed by atoms with Crippen LogP contribution in [0.3, 0.4) is 0 Å². The molecule has 4 aliphatic rings. The van der Waals surface area contributed by atoms with Crippen molar-refractivity contribution >= 4 is 76.4 Å². The number of benzene rings is 3. The molecule has 0 saturated carbocycles. The number of hydrogen-bond acceptors (Lipinski definition) is 24. The number of phenols is 2. The number of imide groups is 1. The molecular formula is C61H74N8O24. The molecule has 9 amide bonds. The fourth-order valence-electron chi connectivity index (χ4n) is 10.5. The minimum atomic E-state index is -2.44. The molecule has 0 radical (unpaired) electrons. The standard InChI is InChI=1S/C61H74N8O24/c1-30(64-44(74)15-18-88-20-22-90-23-21-89-19-16-63-43(73)14-17-69-45(75)12-13-46(69)76)57(82)65-31(2)58(83)67-38(24-42(62)72)59(84)66-34-10-8-33(9-11-34)29-91-60(85)68-37-25-47(92-32(3)52(37)77)93-40-27-61(86,41(71)28-70)26-36-49(40)56(81)51-50(54(36)79)53(78)35-6-5-7-39(87-4)48(35)55(51)80/h5-13,30-32,37-38,40,47,52,70,77,79,81,86H,14-29H2,1-4H3,(H2,62,72)(H,63,73)(H,64,74)(H,65,82)(H,66,84)(H,67,83)(H,68,85)/t30-,31-,32+,37+,38-,40+,47+,52-,61+/m1/s1. The third-order valence-corrected chi connectivity index (χ3v) is 15.5. The fraction of sp³-hybridized carbons (Fsp3) is 0.475. The SMILES string of the molecule is COc1cccc2c1C(=O)c1c(O)c3c(c(O)c1C2=O)C[C@@](O)(C(=O)CO)C[C@@H]3O[C@H]1C[C@H](NC(=O)OCc2ccc(NC(=O)[C@@H](CC(N)=O)NC(=O)[C@@H](C)NC(=O)[C@@H](C)NC(=O)CCOCCOCCOCCNC(=O)CCN3C(=O)C=CC3=O)cc2)[C@H](O)[C@H](C)O1. The van der Waals surface area contributed by atoms with E-state index in [2.05, 4.69) is 31.9 Å². The van der Waals surface area contributed by atoms with Gasteiger partial charge in [0, 0.05) is 79.7 Å². The van der Waals surface area contributed by atoms with Crippen LogP contribution >= 0.6 is 0 Å². The van der Waals surface area contributed by atoms with E-state index in [1.807, 2.05) is 0 Å². The lowest BCUT2D eigenvalue weighted by Gasteiger charge is -2.42. The molecule has 1 fully saturated rings. The molecule has 0 bridgehead atoms. The number of rotatable bonds is 32. The molecule has 93 heavy (non-hydrogen) atoms. The first-order chi connectivity index (χ1) is 44.2. The summed E-state index contributed by atoms with van der Waals surface area (Å²) in [5.41, 5.74) is 1.42. The zero-order valence-corrected chi connectivity index (χ0v) is 51.1. The number of carbonyl (C=O) groups excluding carboxylic acids is 12. The van der Waals surface area contributed by atoms with E-state index in [1.165, 1.54) is 70.3 Å². The quantitative estimate of drug-likeness (QED) is 0.0145. The molecule has 2 aliphatic carbocycles. The lowest BCUT2D eigenvalue weighted by Crippen LogP contribution is -2.56. The Morgan fingerprint density at radius 3 is 2.06 bits per heavy atom. The van der Waals surface area contributed by atoms with Crippen LogP contribution in [0.25, 0.3) is 0 Å². The summed E-state index contributed by atoms with van der Waals surface area (Å²) in [6.07, 6.45) is -6.62. The van der Waals surface area contributed by atoms with E-state index in [0.717, 1.165) is 17.1 Å². The van der Waals surface area contributed by atoms with E-state index in [9.17, 15) is 83.1 Å². The molecule has 3 aromatic rings. The van der Waals surface area contributed by atoms with Crippen molar-refractivity contribution < 1.29 is 116 Å². The second kappa shape index (κ2) is 32.3. The zero-order valence-electron chi connectivity index (χ0n) is 51.1. The summed E-state index contributed by atoms with van der Waals surface area (Å²) in [6.45, 7) is 3.81. The van der Waals surface area contributed by atoms with Gasteiger partial charge in [-0.25, -0.2) is 4.79 Å². The first kappa shape index (κ1) is 71.2. The van der Waals surface area contributed by atoms with Crippen LogP contribution in [-0.2, 0) is 84.6 Å². The number of amides is 9. The minimum Gasteiger partial charge on any atom is -0.507 e. The maximum Gasteiger partial charge on any atom is 0.407 e. The molecule has 0 aromatic heterocycles. The van der Waals surface area contributed by atoms with Crippen molar-refractivity contribution in [2.24, 2.45) is 5.73 Å². The van der Waals surface area contributed by atoms with Gasteiger partial charge in [0.1, 0.15) is 60.3 Å². The second-order valence-corrected chi connectivity index (χ2v) is 22.1. The maximum absolute atomic E-state index is 14.1. The summed E-state index contributed by atoms with van der Waals surface area (Å²) in [6, 6.07) is 4.95. The van der Waals surface area contributed by atoms with Gasteiger partial charge in [-0.1, -0.05) is 24.3 Å². The van der Waals surface area contributed by atoms with E-state index >= 15 is 0 Å². The van der Waals surface area contributed by atoms with Crippen molar-refractivity contribution in [1.29, 1.82) is 0 Å². The Morgan fingerprint density at radius 2 is 1.41 bits per heavy atom. The number of hydrogen-bond donors (Lipinski definition) is 12. The highest BCUT2D eigenvalue weighted by Gasteiger charge is 2.50. The number of nitrogens with two attached hydrogens (primary N) is 1. The predicted molar refractivity (Wildman–Crippen MR) is 317 cm³/mol. The lowest BCUT2D eigenvalue weighted by atomic mass is 9.72. The van der Waals surface area contributed by atoms with Crippen molar-refractivity contribution in [2.75, 3.05) is 71.8 Å². The monoisotopic (exact) mass is 1300 g/mol. The van der Waals surface area contributed by atoms with Gasteiger partial charge in [0.25, 0.3) is 11.8 Å². The molecule has 0 spiro atoms. The summed E-state index contributed by atoms with van der Waals surface area (Å²) in [4.78, 5) is 154. The van der Waals surface area contributed by atoms with Crippen molar-refractivity contribution in [2.45, 2.75) is 120 Å². The Bertz CT molecular complexity index is 3380. The third kappa shape index (κ3) is 18.1. The molecule has 3 aromatic carbocycles. The molecular weight excluding hydrogens is 1230 g/mol. The van der Waals surface area contributed by atoms with Gasteiger partial charge in [0.2, 0.25) is 41.2 Å². The van der Waals surface area contributed by atoms with Gasteiger partial charge >= 0.3 is 6.09 Å². The molecule has 1 saturated heterocycles. The number of alkyl carbamates (subject to hydrolysis) is 1.